The lowest BCUT2D eigenvalue weighted by molar-refractivity contribution is -0.154. The molecule has 0 saturated carbocycles. The second-order valence-electron chi connectivity index (χ2n) is 5.83. The quantitative estimate of drug-likeness (QED) is 0.915. The summed E-state index contributed by atoms with van der Waals surface area (Å²) >= 11 is 0. The van der Waals surface area contributed by atoms with Crippen molar-refractivity contribution in [1.29, 1.82) is 0 Å². The molecule has 0 bridgehead atoms. The van der Waals surface area contributed by atoms with Crippen molar-refractivity contribution in [3.8, 4) is 5.88 Å². The molecule has 0 aliphatic carbocycles. The standard InChI is InChI=1S/C14H19F3N2O3/c1-9(19(12(20)21)13(2,3)4)10-5-6-11(18-7-10)22-8-14(15,16)17/h5-7,9H,8H2,1-4H3,(H,20,21). The number of aromatic nitrogens is 1. The van der Waals surface area contributed by atoms with Gasteiger partial charge in [0.05, 0.1) is 6.04 Å². The lowest BCUT2D eigenvalue weighted by atomic mass is 10.0. The Morgan fingerprint density at radius 3 is 2.32 bits per heavy atom. The summed E-state index contributed by atoms with van der Waals surface area (Å²) in [5.41, 5.74) is -0.0619. The van der Waals surface area contributed by atoms with Gasteiger partial charge in [-0.05, 0) is 33.3 Å². The molecule has 0 fully saturated rings. The van der Waals surface area contributed by atoms with Crippen LogP contribution in [0.25, 0.3) is 0 Å². The summed E-state index contributed by atoms with van der Waals surface area (Å²) in [5.74, 6) is -0.161. The largest absolute Gasteiger partial charge is 0.468 e. The fourth-order valence-corrected chi connectivity index (χ4v) is 2.06. The van der Waals surface area contributed by atoms with E-state index < -0.39 is 30.5 Å². The van der Waals surface area contributed by atoms with E-state index in [9.17, 15) is 23.1 Å². The lowest BCUT2D eigenvalue weighted by Gasteiger charge is -2.38. The second kappa shape index (κ2) is 6.41. The zero-order valence-electron chi connectivity index (χ0n) is 12.8. The van der Waals surface area contributed by atoms with Gasteiger partial charge in [0.15, 0.2) is 6.61 Å². The fourth-order valence-electron chi connectivity index (χ4n) is 2.06. The SMILES string of the molecule is CC(c1ccc(OCC(F)(F)F)nc1)N(C(=O)O)C(C)(C)C. The van der Waals surface area contributed by atoms with Gasteiger partial charge in [-0.1, -0.05) is 6.07 Å². The number of halogens is 3. The molecule has 0 aromatic carbocycles. The van der Waals surface area contributed by atoms with E-state index in [1.165, 1.54) is 23.2 Å². The molecular formula is C14H19F3N2O3. The smallest absolute Gasteiger partial charge is 0.422 e. The van der Waals surface area contributed by atoms with Crippen LogP contribution in [-0.2, 0) is 0 Å². The first-order chi connectivity index (χ1) is 9.92. The molecule has 1 atom stereocenters. The van der Waals surface area contributed by atoms with Crippen LogP contribution in [0.1, 0.15) is 39.3 Å². The molecule has 0 aliphatic rings. The average Bonchev–Trinajstić information content (AvgIpc) is 2.33. The minimum Gasteiger partial charge on any atom is -0.468 e. The molecule has 5 nitrogen and oxygen atoms in total. The molecule has 1 aromatic heterocycles. The van der Waals surface area contributed by atoms with Crippen molar-refractivity contribution in [2.75, 3.05) is 6.61 Å². The number of ether oxygens (including phenoxy) is 1. The van der Waals surface area contributed by atoms with E-state index in [2.05, 4.69) is 9.72 Å². The van der Waals surface area contributed by atoms with Gasteiger partial charge in [0.1, 0.15) is 0 Å². The summed E-state index contributed by atoms with van der Waals surface area (Å²) < 4.78 is 40.7. The van der Waals surface area contributed by atoms with Gasteiger partial charge in [-0.25, -0.2) is 9.78 Å². The van der Waals surface area contributed by atoms with Gasteiger partial charge in [0.25, 0.3) is 0 Å². The molecule has 22 heavy (non-hydrogen) atoms. The highest BCUT2D eigenvalue weighted by Crippen LogP contribution is 2.28. The van der Waals surface area contributed by atoms with Crippen LogP contribution >= 0.6 is 0 Å². The molecule has 0 aliphatic heterocycles. The van der Waals surface area contributed by atoms with E-state index in [4.69, 9.17) is 0 Å². The molecular weight excluding hydrogens is 301 g/mol. The third-order valence-electron chi connectivity index (χ3n) is 2.94. The molecule has 1 aromatic rings. The Bertz CT molecular complexity index is 510. The number of hydrogen-bond donors (Lipinski definition) is 1. The Hall–Kier alpha value is -1.99. The van der Waals surface area contributed by atoms with Crippen LogP contribution in [0, 0.1) is 0 Å². The predicted octanol–water partition coefficient (Wildman–Crippen LogP) is 3.86. The van der Waals surface area contributed by atoms with E-state index in [0.29, 0.717) is 5.56 Å². The molecule has 124 valence electrons. The van der Waals surface area contributed by atoms with Crippen LogP contribution in [0.3, 0.4) is 0 Å². The van der Waals surface area contributed by atoms with Gasteiger partial charge < -0.3 is 9.84 Å². The van der Waals surface area contributed by atoms with Gasteiger partial charge in [0.2, 0.25) is 5.88 Å². The van der Waals surface area contributed by atoms with Crippen LogP contribution < -0.4 is 4.74 Å². The van der Waals surface area contributed by atoms with E-state index in [1.54, 1.807) is 27.7 Å². The van der Waals surface area contributed by atoms with Crippen LogP contribution in [0.5, 0.6) is 5.88 Å². The number of amides is 1. The van der Waals surface area contributed by atoms with Crippen molar-refractivity contribution in [2.24, 2.45) is 0 Å². The van der Waals surface area contributed by atoms with Crippen LogP contribution in [0.4, 0.5) is 18.0 Å². The molecule has 0 spiro atoms. The maximum absolute atomic E-state index is 12.0. The van der Waals surface area contributed by atoms with E-state index >= 15 is 0 Å². The fraction of sp³-hybridized carbons (Fsp3) is 0.571. The second-order valence-corrected chi connectivity index (χ2v) is 5.83. The number of hydrogen-bond acceptors (Lipinski definition) is 3. The first kappa shape index (κ1) is 18.1. The monoisotopic (exact) mass is 320 g/mol. The van der Waals surface area contributed by atoms with Gasteiger partial charge in [0, 0.05) is 17.8 Å². The minimum absolute atomic E-state index is 0.161. The Labute approximate surface area is 126 Å². The molecule has 1 unspecified atom stereocenters. The predicted molar refractivity (Wildman–Crippen MR) is 73.8 cm³/mol. The number of pyridine rings is 1. The summed E-state index contributed by atoms with van der Waals surface area (Å²) in [6.07, 6.45) is -4.20. The first-order valence-electron chi connectivity index (χ1n) is 6.59. The van der Waals surface area contributed by atoms with Gasteiger partial charge in [-0.3, -0.25) is 4.90 Å². The summed E-state index contributed by atoms with van der Waals surface area (Å²) in [5, 5.41) is 9.32. The van der Waals surface area contributed by atoms with Crippen LogP contribution in [-0.4, -0.2) is 39.4 Å². The Kier molecular flexibility index (Phi) is 5.26. The number of rotatable bonds is 4. The Balaban J connectivity index is 2.87. The van der Waals surface area contributed by atoms with E-state index in [1.807, 2.05) is 0 Å². The molecule has 1 rings (SSSR count). The summed E-state index contributed by atoms with van der Waals surface area (Å²) in [7, 11) is 0. The number of carboxylic acid groups (broad SMARTS) is 1. The average molecular weight is 320 g/mol. The Morgan fingerprint density at radius 2 is 1.95 bits per heavy atom. The van der Waals surface area contributed by atoms with Gasteiger partial charge in [-0.15, -0.1) is 0 Å². The summed E-state index contributed by atoms with van der Waals surface area (Å²) in [4.78, 5) is 16.4. The topological polar surface area (TPSA) is 62.7 Å². The van der Waals surface area contributed by atoms with Crippen molar-refractivity contribution >= 4 is 6.09 Å². The number of alkyl halides is 3. The maximum atomic E-state index is 12.0. The van der Waals surface area contributed by atoms with Crippen molar-refractivity contribution in [1.82, 2.24) is 9.88 Å². The molecule has 0 saturated heterocycles. The highest BCUT2D eigenvalue weighted by Gasteiger charge is 2.32. The lowest BCUT2D eigenvalue weighted by Crippen LogP contribution is -2.46. The maximum Gasteiger partial charge on any atom is 0.422 e. The highest BCUT2D eigenvalue weighted by molar-refractivity contribution is 5.66. The molecule has 8 heteroatoms. The summed E-state index contributed by atoms with van der Waals surface area (Å²) in [6.45, 7) is 5.54. The normalized spacial score (nSPS) is 13.6. The zero-order valence-corrected chi connectivity index (χ0v) is 12.8. The molecule has 1 amide bonds. The Morgan fingerprint density at radius 1 is 1.36 bits per heavy atom. The first-order valence-corrected chi connectivity index (χ1v) is 6.59. The van der Waals surface area contributed by atoms with E-state index in [-0.39, 0.29) is 5.88 Å². The molecule has 1 N–H and O–H groups in total. The summed E-state index contributed by atoms with van der Waals surface area (Å²) in [6, 6.07) is 2.30. The zero-order chi connectivity index (χ0) is 17.1. The van der Waals surface area contributed by atoms with Gasteiger partial charge in [-0.2, -0.15) is 13.2 Å². The molecule has 0 radical (unpaired) electrons. The molecule has 1 heterocycles. The van der Waals surface area contributed by atoms with Crippen molar-refractivity contribution in [3.05, 3.63) is 23.9 Å². The van der Waals surface area contributed by atoms with Crippen LogP contribution in [0.2, 0.25) is 0 Å². The number of nitrogens with zero attached hydrogens (tertiary/aromatic N) is 2. The van der Waals surface area contributed by atoms with Crippen molar-refractivity contribution in [2.45, 2.75) is 45.5 Å². The van der Waals surface area contributed by atoms with Crippen molar-refractivity contribution < 1.29 is 27.8 Å². The van der Waals surface area contributed by atoms with E-state index in [0.717, 1.165) is 0 Å². The third kappa shape index (κ3) is 5.09. The van der Waals surface area contributed by atoms with Crippen molar-refractivity contribution in [3.63, 3.8) is 0 Å². The third-order valence-corrected chi connectivity index (χ3v) is 2.94. The minimum atomic E-state index is -4.43. The van der Waals surface area contributed by atoms with Crippen LogP contribution in [0.15, 0.2) is 18.3 Å². The highest BCUT2D eigenvalue weighted by atomic mass is 19.4. The van der Waals surface area contributed by atoms with Gasteiger partial charge >= 0.3 is 12.3 Å². The number of carbonyl (C=O) groups is 1.